The first-order valence-electron chi connectivity index (χ1n) is 6.30. The number of sulfonamides is 1. The zero-order valence-corrected chi connectivity index (χ0v) is 13.7. The van der Waals surface area contributed by atoms with Crippen molar-refractivity contribution in [2.45, 2.75) is 18.7 Å². The summed E-state index contributed by atoms with van der Waals surface area (Å²) < 4.78 is 37.3. The van der Waals surface area contributed by atoms with Crippen LogP contribution >= 0.6 is 0 Å². The Kier molecular flexibility index (Phi) is 4.22. The maximum Gasteiger partial charge on any atom is 0.318 e. The molecule has 0 spiro atoms. The van der Waals surface area contributed by atoms with E-state index in [2.05, 4.69) is 19.8 Å². The van der Waals surface area contributed by atoms with E-state index in [1.165, 1.54) is 20.2 Å². The van der Waals surface area contributed by atoms with Crippen molar-refractivity contribution in [2.75, 3.05) is 30.8 Å². The van der Waals surface area contributed by atoms with Crippen molar-refractivity contribution in [1.29, 1.82) is 0 Å². The molecule has 0 fully saturated rings. The van der Waals surface area contributed by atoms with Gasteiger partial charge in [-0.3, -0.25) is 4.72 Å². The maximum atomic E-state index is 12.5. The zero-order chi connectivity index (χ0) is 16.5. The number of ether oxygens (including phenoxy) is 1. The highest BCUT2D eigenvalue weighted by Crippen LogP contribution is 2.27. The number of nitrogens with zero attached hydrogens (tertiary/aromatic N) is 4. The Hall–Kier alpha value is -2.36. The highest BCUT2D eigenvalue weighted by Gasteiger charge is 2.26. The summed E-state index contributed by atoms with van der Waals surface area (Å²) in [6, 6.07) is 0.143. The van der Waals surface area contributed by atoms with Gasteiger partial charge in [0.15, 0.2) is 16.5 Å². The summed E-state index contributed by atoms with van der Waals surface area (Å²) in [6.07, 6.45) is 1.34. The molecule has 0 aliphatic rings. The molecule has 0 amide bonds. The van der Waals surface area contributed by atoms with Gasteiger partial charge in [0.2, 0.25) is 0 Å². The highest BCUT2D eigenvalue weighted by molar-refractivity contribution is 7.92. The number of hydrogen-bond donors (Lipinski definition) is 1. The predicted molar refractivity (Wildman–Crippen MR) is 79.7 cm³/mol. The van der Waals surface area contributed by atoms with Crippen LogP contribution in [0.1, 0.15) is 11.5 Å². The van der Waals surface area contributed by atoms with Crippen LogP contribution in [0, 0.1) is 13.8 Å². The lowest BCUT2D eigenvalue weighted by atomic mass is 10.4. The number of aromatic nitrogens is 3. The molecule has 22 heavy (non-hydrogen) atoms. The molecular formula is C12H17N5O4S. The molecule has 9 nitrogen and oxygen atoms in total. The molecule has 10 heteroatoms. The molecule has 0 atom stereocenters. The third-order valence-electron chi connectivity index (χ3n) is 2.83. The van der Waals surface area contributed by atoms with E-state index in [1.807, 2.05) is 0 Å². The van der Waals surface area contributed by atoms with Gasteiger partial charge in [0.25, 0.3) is 10.0 Å². The van der Waals surface area contributed by atoms with Crippen LogP contribution in [0.5, 0.6) is 6.01 Å². The van der Waals surface area contributed by atoms with Crippen molar-refractivity contribution >= 4 is 21.5 Å². The Balaban J connectivity index is 2.46. The smallest absolute Gasteiger partial charge is 0.318 e. The van der Waals surface area contributed by atoms with Crippen molar-refractivity contribution in [3.05, 3.63) is 17.7 Å². The lowest BCUT2D eigenvalue weighted by Gasteiger charge is -2.17. The van der Waals surface area contributed by atoms with E-state index >= 15 is 0 Å². The Morgan fingerprint density at radius 1 is 1.32 bits per heavy atom. The van der Waals surface area contributed by atoms with Crippen molar-refractivity contribution in [3.8, 4) is 6.01 Å². The van der Waals surface area contributed by atoms with Gasteiger partial charge in [0.1, 0.15) is 11.4 Å². The van der Waals surface area contributed by atoms with Crippen LogP contribution < -0.4 is 14.4 Å². The zero-order valence-electron chi connectivity index (χ0n) is 12.9. The molecular weight excluding hydrogens is 310 g/mol. The van der Waals surface area contributed by atoms with Gasteiger partial charge < -0.3 is 14.2 Å². The number of anilines is 2. The van der Waals surface area contributed by atoms with Gasteiger partial charge in [0.05, 0.1) is 13.3 Å². The van der Waals surface area contributed by atoms with E-state index in [-0.39, 0.29) is 28.0 Å². The third-order valence-corrected chi connectivity index (χ3v) is 4.44. The van der Waals surface area contributed by atoms with Gasteiger partial charge in [-0.05, 0) is 13.8 Å². The van der Waals surface area contributed by atoms with Gasteiger partial charge in [-0.1, -0.05) is 5.16 Å². The van der Waals surface area contributed by atoms with E-state index in [9.17, 15) is 8.42 Å². The Morgan fingerprint density at radius 3 is 2.50 bits per heavy atom. The fourth-order valence-corrected chi connectivity index (χ4v) is 3.30. The molecule has 0 radical (unpaired) electrons. The van der Waals surface area contributed by atoms with Gasteiger partial charge >= 0.3 is 6.01 Å². The standard InChI is InChI=1S/C12H17N5O4S/c1-7-10(8(2)21-15-7)22(18,19)16-9-6-13-12(20-5)14-11(9)17(3)4/h6,16H,1-5H3. The highest BCUT2D eigenvalue weighted by atomic mass is 32.2. The van der Waals surface area contributed by atoms with Gasteiger partial charge in [0, 0.05) is 14.1 Å². The van der Waals surface area contributed by atoms with Crippen LogP contribution in [-0.2, 0) is 10.0 Å². The number of hydrogen-bond acceptors (Lipinski definition) is 8. The van der Waals surface area contributed by atoms with E-state index in [0.29, 0.717) is 5.82 Å². The SMILES string of the molecule is COc1ncc(NS(=O)(=O)c2c(C)noc2C)c(N(C)C)n1. The maximum absolute atomic E-state index is 12.5. The van der Waals surface area contributed by atoms with Crippen molar-refractivity contribution in [2.24, 2.45) is 0 Å². The summed E-state index contributed by atoms with van der Waals surface area (Å²) in [4.78, 5) is 9.71. The molecule has 1 N–H and O–H groups in total. The second-order valence-electron chi connectivity index (χ2n) is 4.75. The van der Waals surface area contributed by atoms with Crippen LogP contribution in [0.4, 0.5) is 11.5 Å². The summed E-state index contributed by atoms with van der Waals surface area (Å²) in [6.45, 7) is 3.09. The Morgan fingerprint density at radius 2 is 2.00 bits per heavy atom. The summed E-state index contributed by atoms with van der Waals surface area (Å²) >= 11 is 0. The molecule has 0 bridgehead atoms. The van der Waals surface area contributed by atoms with Crippen molar-refractivity contribution < 1.29 is 17.7 Å². The van der Waals surface area contributed by atoms with Gasteiger partial charge in [-0.25, -0.2) is 13.4 Å². The van der Waals surface area contributed by atoms with Gasteiger partial charge in [-0.2, -0.15) is 4.98 Å². The first-order valence-corrected chi connectivity index (χ1v) is 7.78. The fourth-order valence-electron chi connectivity index (χ4n) is 1.92. The average Bonchev–Trinajstić information content (AvgIpc) is 2.78. The number of rotatable bonds is 5. The fraction of sp³-hybridized carbons (Fsp3) is 0.417. The number of methoxy groups -OCH3 is 1. The molecule has 0 unspecified atom stereocenters. The van der Waals surface area contributed by atoms with Crippen molar-refractivity contribution in [1.82, 2.24) is 15.1 Å². The molecule has 2 aromatic rings. The lowest BCUT2D eigenvalue weighted by molar-refractivity contribution is 0.380. The minimum atomic E-state index is -3.86. The minimum Gasteiger partial charge on any atom is -0.467 e. The first-order chi connectivity index (χ1) is 10.3. The average molecular weight is 327 g/mol. The molecule has 0 aliphatic carbocycles. The molecule has 120 valence electrons. The second-order valence-corrected chi connectivity index (χ2v) is 6.37. The van der Waals surface area contributed by atoms with E-state index in [0.717, 1.165) is 0 Å². The molecule has 0 aromatic carbocycles. The quantitative estimate of drug-likeness (QED) is 0.864. The summed E-state index contributed by atoms with van der Waals surface area (Å²) in [5.74, 6) is 0.591. The Labute approximate surface area is 128 Å². The summed E-state index contributed by atoms with van der Waals surface area (Å²) in [5.41, 5.74) is 0.511. The topological polar surface area (TPSA) is 110 Å². The second kappa shape index (κ2) is 5.79. The van der Waals surface area contributed by atoms with Crippen LogP contribution in [0.25, 0.3) is 0 Å². The first kappa shape index (κ1) is 16.0. The summed E-state index contributed by atoms with van der Waals surface area (Å²) in [7, 11) is 1.04. The predicted octanol–water partition coefficient (Wildman–Crippen LogP) is 0.957. The van der Waals surface area contributed by atoms with E-state index in [4.69, 9.17) is 9.26 Å². The molecule has 0 aliphatic heterocycles. The normalized spacial score (nSPS) is 11.3. The van der Waals surface area contributed by atoms with Crippen LogP contribution in [0.15, 0.2) is 15.6 Å². The summed E-state index contributed by atoms with van der Waals surface area (Å²) in [5, 5.41) is 3.65. The van der Waals surface area contributed by atoms with Crippen LogP contribution in [0.3, 0.4) is 0 Å². The van der Waals surface area contributed by atoms with Gasteiger partial charge in [-0.15, -0.1) is 0 Å². The number of nitrogens with one attached hydrogen (secondary N) is 1. The van der Waals surface area contributed by atoms with Crippen LogP contribution in [-0.4, -0.2) is 44.7 Å². The number of aryl methyl sites for hydroxylation is 2. The molecule has 0 saturated heterocycles. The van der Waals surface area contributed by atoms with E-state index < -0.39 is 10.0 Å². The lowest BCUT2D eigenvalue weighted by Crippen LogP contribution is -2.19. The molecule has 2 aromatic heterocycles. The van der Waals surface area contributed by atoms with Crippen LogP contribution in [0.2, 0.25) is 0 Å². The molecule has 2 heterocycles. The third kappa shape index (κ3) is 2.96. The largest absolute Gasteiger partial charge is 0.467 e. The minimum absolute atomic E-state index is 0.00743. The molecule has 2 rings (SSSR count). The Bertz CT molecular complexity index is 765. The van der Waals surface area contributed by atoms with E-state index in [1.54, 1.807) is 25.9 Å². The monoisotopic (exact) mass is 327 g/mol. The van der Waals surface area contributed by atoms with Crippen molar-refractivity contribution in [3.63, 3.8) is 0 Å². The molecule has 0 saturated carbocycles.